The molecule has 0 saturated carbocycles. The van der Waals surface area contributed by atoms with Crippen molar-refractivity contribution in [3.63, 3.8) is 0 Å². The summed E-state index contributed by atoms with van der Waals surface area (Å²) >= 11 is 12.4. The van der Waals surface area contributed by atoms with Crippen molar-refractivity contribution < 1.29 is 39.5 Å². The van der Waals surface area contributed by atoms with Crippen molar-refractivity contribution in [1.29, 1.82) is 0 Å². The van der Waals surface area contributed by atoms with Gasteiger partial charge in [0.25, 0.3) is 0 Å². The summed E-state index contributed by atoms with van der Waals surface area (Å²) in [6.45, 7) is 0. The molecular weight excluding hydrogens is 570 g/mol. The Hall–Kier alpha value is -1.64. The van der Waals surface area contributed by atoms with E-state index in [-0.39, 0.29) is 36.5 Å². The van der Waals surface area contributed by atoms with E-state index in [9.17, 15) is 39.5 Å². The van der Waals surface area contributed by atoms with Crippen molar-refractivity contribution in [2.75, 3.05) is 23.9 Å². The van der Waals surface area contributed by atoms with Crippen LogP contribution >= 0.6 is 43.5 Å². The zero-order valence-corrected chi connectivity index (χ0v) is 19.8. The summed E-state index contributed by atoms with van der Waals surface area (Å²) in [4.78, 5) is 26.0. The number of aliphatic hydroxyl groups is 5. The highest BCUT2D eigenvalue weighted by molar-refractivity contribution is 9.11. The van der Waals surface area contributed by atoms with Crippen LogP contribution in [0.25, 0.3) is 0 Å². The lowest BCUT2D eigenvalue weighted by molar-refractivity contribution is -0.444. The fourth-order valence-corrected chi connectivity index (χ4v) is 4.59. The van der Waals surface area contributed by atoms with E-state index in [0.29, 0.717) is 11.3 Å². The van der Waals surface area contributed by atoms with Gasteiger partial charge in [0.1, 0.15) is 5.82 Å². The van der Waals surface area contributed by atoms with Crippen LogP contribution in [-0.4, -0.2) is 63.7 Å². The Labute approximate surface area is 197 Å². The van der Waals surface area contributed by atoms with Crippen LogP contribution in [0.2, 0.25) is 5.02 Å². The Kier molecular flexibility index (Phi) is 7.50. The fraction of sp³-hybridized carbons (Fsp3) is 0.222. The molecule has 168 valence electrons. The molecule has 1 amide bonds. The number of carbonyl (C=O) groups excluding carboxylic acids is 2. The van der Waals surface area contributed by atoms with Gasteiger partial charge in [0.2, 0.25) is 6.41 Å². The lowest BCUT2D eigenvalue weighted by atomic mass is 10.0. The first-order valence-corrected chi connectivity index (χ1v) is 10.2. The third-order valence-corrected chi connectivity index (χ3v) is 6.09. The van der Waals surface area contributed by atoms with Gasteiger partial charge in [0.05, 0.1) is 26.4 Å². The standard InChI is InChI=1S/C18H16Br2ClFN2O7/c1-23(7-25)15-12(24(2)17(27,28)18(29,30)31)6-10(19)13(14(15)20)16(26)9-5-8(22)3-4-11(9)21/h3-7,27-31H,1-2H3. The maximum absolute atomic E-state index is 13.7. The van der Waals surface area contributed by atoms with E-state index >= 15 is 0 Å². The van der Waals surface area contributed by atoms with E-state index < -0.39 is 23.5 Å². The SMILES string of the molecule is CN(C=O)c1c(N(C)C(O)(O)C(O)(O)O)cc(Br)c(C(=O)c2cc(F)ccc2Cl)c1Br. The van der Waals surface area contributed by atoms with Crippen molar-refractivity contribution in [1.82, 2.24) is 0 Å². The third-order valence-electron chi connectivity index (χ3n) is 4.36. The Balaban J connectivity index is 2.81. The van der Waals surface area contributed by atoms with Crippen LogP contribution in [0.4, 0.5) is 15.8 Å². The van der Waals surface area contributed by atoms with Gasteiger partial charge in [-0.25, -0.2) is 4.39 Å². The molecule has 0 aliphatic carbocycles. The smallest absolute Gasteiger partial charge is 0.342 e. The monoisotopic (exact) mass is 584 g/mol. The molecule has 0 spiro atoms. The molecule has 2 aromatic carbocycles. The summed E-state index contributed by atoms with van der Waals surface area (Å²) in [5.74, 6) is -9.07. The molecular formula is C18H16Br2ClFN2O7. The predicted molar refractivity (Wildman–Crippen MR) is 116 cm³/mol. The number of hydrogen-bond acceptors (Lipinski definition) is 8. The summed E-state index contributed by atoms with van der Waals surface area (Å²) in [5, 5.41) is 47.9. The summed E-state index contributed by atoms with van der Waals surface area (Å²) in [6, 6.07) is 4.34. The number of nitrogens with zero attached hydrogens (tertiary/aromatic N) is 2. The van der Waals surface area contributed by atoms with E-state index in [1.165, 1.54) is 13.1 Å². The highest BCUT2D eigenvalue weighted by Crippen LogP contribution is 2.44. The highest BCUT2D eigenvalue weighted by atomic mass is 79.9. The maximum atomic E-state index is 13.7. The second-order valence-electron chi connectivity index (χ2n) is 6.41. The van der Waals surface area contributed by atoms with Crippen molar-refractivity contribution >= 4 is 67.0 Å². The summed E-state index contributed by atoms with van der Waals surface area (Å²) in [7, 11) is 2.24. The lowest BCUT2D eigenvalue weighted by Gasteiger charge is -2.40. The average molecular weight is 587 g/mol. The number of ketones is 1. The van der Waals surface area contributed by atoms with E-state index in [0.717, 1.165) is 30.1 Å². The average Bonchev–Trinajstić information content (AvgIpc) is 2.67. The minimum atomic E-state index is -3.98. The maximum Gasteiger partial charge on any atom is 0.355 e. The number of hydrogen-bond donors (Lipinski definition) is 5. The van der Waals surface area contributed by atoms with Crippen LogP contribution in [0.5, 0.6) is 0 Å². The normalized spacial score (nSPS) is 12.0. The molecule has 5 N–H and O–H groups in total. The van der Waals surface area contributed by atoms with Gasteiger partial charge in [0.15, 0.2) is 5.78 Å². The van der Waals surface area contributed by atoms with Crippen molar-refractivity contribution in [2.45, 2.75) is 11.9 Å². The highest BCUT2D eigenvalue weighted by Gasteiger charge is 2.51. The molecule has 0 aromatic heterocycles. The lowest BCUT2D eigenvalue weighted by Crippen LogP contribution is -2.64. The largest absolute Gasteiger partial charge is 0.355 e. The van der Waals surface area contributed by atoms with Crippen LogP contribution in [0.1, 0.15) is 15.9 Å². The van der Waals surface area contributed by atoms with Crippen LogP contribution in [0.15, 0.2) is 33.2 Å². The van der Waals surface area contributed by atoms with E-state index in [4.69, 9.17) is 11.6 Å². The molecule has 13 heteroatoms. The van der Waals surface area contributed by atoms with Crippen LogP contribution < -0.4 is 9.80 Å². The van der Waals surface area contributed by atoms with Crippen molar-refractivity contribution in [2.24, 2.45) is 0 Å². The van der Waals surface area contributed by atoms with Crippen LogP contribution in [-0.2, 0) is 4.79 Å². The van der Waals surface area contributed by atoms with E-state index in [1.54, 1.807) is 0 Å². The van der Waals surface area contributed by atoms with Gasteiger partial charge in [-0.05, 0) is 56.1 Å². The van der Waals surface area contributed by atoms with Crippen molar-refractivity contribution in [3.05, 3.63) is 55.2 Å². The zero-order chi connectivity index (χ0) is 23.9. The first-order valence-electron chi connectivity index (χ1n) is 8.20. The molecule has 0 aliphatic heterocycles. The van der Waals surface area contributed by atoms with Gasteiger partial charge in [-0.1, -0.05) is 11.6 Å². The van der Waals surface area contributed by atoms with Crippen LogP contribution in [0.3, 0.4) is 0 Å². The molecule has 0 bridgehead atoms. The molecule has 0 radical (unpaired) electrons. The second kappa shape index (κ2) is 9.08. The van der Waals surface area contributed by atoms with Gasteiger partial charge in [-0.15, -0.1) is 0 Å². The molecule has 31 heavy (non-hydrogen) atoms. The summed E-state index contributed by atoms with van der Waals surface area (Å²) < 4.78 is 13.7. The van der Waals surface area contributed by atoms with E-state index in [1.807, 2.05) is 0 Å². The minimum Gasteiger partial charge on any atom is -0.342 e. The Morgan fingerprint density at radius 2 is 1.71 bits per heavy atom. The minimum absolute atomic E-state index is 0.0322. The molecule has 9 nitrogen and oxygen atoms in total. The first kappa shape index (κ1) is 25.6. The number of benzene rings is 2. The molecule has 2 aromatic rings. The van der Waals surface area contributed by atoms with Gasteiger partial charge >= 0.3 is 11.9 Å². The fourth-order valence-electron chi connectivity index (χ4n) is 2.65. The number of halogens is 4. The third kappa shape index (κ3) is 4.76. The molecule has 0 atom stereocenters. The number of likely N-dealkylation sites (N-methyl/N-ethyl adjacent to an activating group) is 1. The van der Waals surface area contributed by atoms with Gasteiger partial charge < -0.3 is 35.3 Å². The topological polar surface area (TPSA) is 142 Å². The number of anilines is 2. The number of carbonyl (C=O) groups is 2. The molecule has 0 heterocycles. The van der Waals surface area contributed by atoms with Gasteiger partial charge in [-0.3, -0.25) is 9.59 Å². The molecule has 0 saturated heterocycles. The second-order valence-corrected chi connectivity index (χ2v) is 8.47. The molecule has 0 aliphatic rings. The Morgan fingerprint density at radius 1 is 1.13 bits per heavy atom. The summed E-state index contributed by atoms with van der Waals surface area (Å²) in [5.41, 5.74) is -0.643. The Morgan fingerprint density at radius 3 is 2.23 bits per heavy atom. The van der Waals surface area contributed by atoms with Crippen LogP contribution in [0, 0.1) is 5.82 Å². The summed E-state index contributed by atoms with van der Waals surface area (Å²) in [6.07, 6.45) is 0.329. The van der Waals surface area contributed by atoms with E-state index in [2.05, 4.69) is 31.9 Å². The number of amides is 1. The van der Waals surface area contributed by atoms with Gasteiger partial charge in [0, 0.05) is 24.1 Å². The molecule has 0 unspecified atom stereocenters. The first-order chi connectivity index (χ1) is 14.1. The van der Waals surface area contributed by atoms with Crippen molar-refractivity contribution in [3.8, 4) is 0 Å². The molecule has 0 fully saturated rings. The molecule has 2 rings (SSSR count). The van der Waals surface area contributed by atoms with Gasteiger partial charge in [-0.2, -0.15) is 0 Å². The predicted octanol–water partition coefficient (Wildman–Crippen LogP) is 1.53. The zero-order valence-electron chi connectivity index (χ0n) is 15.8. The Bertz CT molecular complexity index is 1050. The number of rotatable bonds is 7. The quantitative estimate of drug-likeness (QED) is 0.187.